The minimum absolute atomic E-state index is 0.0528. The van der Waals surface area contributed by atoms with Gasteiger partial charge in [0.15, 0.2) is 6.29 Å². The van der Waals surface area contributed by atoms with Crippen LogP contribution in [0.25, 0.3) is 0 Å². The van der Waals surface area contributed by atoms with Crippen molar-refractivity contribution >= 4 is 11.9 Å². The number of fused-ring (bicyclic) bond motifs is 3. The number of rotatable bonds is 11. The van der Waals surface area contributed by atoms with Crippen LogP contribution in [-0.2, 0) is 19.1 Å². The lowest BCUT2D eigenvalue weighted by molar-refractivity contribution is -0.261. The van der Waals surface area contributed by atoms with E-state index in [9.17, 15) is 40.2 Å². The fourth-order valence-electron chi connectivity index (χ4n) is 10.3. The maximum Gasteiger partial charge on any atom is 0.303 e. The van der Waals surface area contributed by atoms with Crippen LogP contribution in [0.5, 0.6) is 0 Å². The van der Waals surface area contributed by atoms with E-state index in [-0.39, 0.29) is 59.2 Å². The number of aliphatic carboxylic acids is 2. The number of hydrogen-bond donors (Lipinski definition) is 6. The number of aliphatic hydroxyl groups excluding tert-OH is 4. The second kappa shape index (κ2) is 11.7. The molecule has 1 heterocycles. The molecule has 0 spiro atoms. The molecule has 240 valence electrons. The average molecular weight is 597 g/mol. The lowest BCUT2D eigenvalue weighted by Crippen LogP contribution is -2.64. The largest absolute Gasteiger partial charge is 0.481 e. The molecule has 0 aromatic carbocycles. The molecule has 4 fully saturated rings. The van der Waals surface area contributed by atoms with Gasteiger partial charge in [-0.1, -0.05) is 32.9 Å². The molecular weight excluding hydrogens is 544 g/mol. The highest BCUT2D eigenvalue weighted by Crippen LogP contribution is 2.74. The molecule has 1 aliphatic heterocycles. The quantitative estimate of drug-likeness (QED) is 0.194. The normalized spacial score (nSPS) is 46.5. The van der Waals surface area contributed by atoms with Gasteiger partial charge in [-0.3, -0.25) is 9.59 Å². The fourth-order valence-corrected chi connectivity index (χ4v) is 10.3. The van der Waals surface area contributed by atoms with Crippen LogP contribution in [0.1, 0.15) is 92.4 Å². The van der Waals surface area contributed by atoms with Gasteiger partial charge in [0.2, 0.25) is 0 Å². The minimum Gasteiger partial charge on any atom is -0.481 e. The van der Waals surface area contributed by atoms with Crippen molar-refractivity contribution in [2.75, 3.05) is 6.61 Å². The molecule has 6 N–H and O–H groups in total. The van der Waals surface area contributed by atoms with Crippen molar-refractivity contribution in [1.29, 1.82) is 0 Å². The van der Waals surface area contributed by atoms with Crippen molar-refractivity contribution in [3.05, 3.63) is 12.2 Å². The predicted molar refractivity (Wildman–Crippen MR) is 153 cm³/mol. The van der Waals surface area contributed by atoms with Crippen LogP contribution in [-0.4, -0.2) is 85.5 Å². The van der Waals surface area contributed by atoms with E-state index < -0.39 is 54.9 Å². The number of hydrogen-bond acceptors (Lipinski definition) is 8. The lowest BCUT2D eigenvalue weighted by Gasteiger charge is -2.67. The predicted octanol–water partition coefficient (Wildman–Crippen LogP) is 3.34. The van der Waals surface area contributed by atoms with E-state index >= 15 is 0 Å². The number of aliphatic hydroxyl groups is 4. The van der Waals surface area contributed by atoms with Crippen LogP contribution in [0, 0.1) is 39.9 Å². The Kier molecular flexibility index (Phi) is 9.32. The summed E-state index contributed by atoms with van der Waals surface area (Å²) in [5.41, 5.74) is -0.989. The molecule has 1 unspecified atom stereocenters. The molecule has 0 aromatic rings. The van der Waals surface area contributed by atoms with E-state index in [1.165, 1.54) is 0 Å². The second-order valence-corrected chi connectivity index (χ2v) is 14.7. The van der Waals surface area contributed by atoms with E-state index in [4.69, 9.17) is 9.47 Å². The fraction of sp³-hybridized carbons (Fsp3) is 0.875. The monoisotopic (exact) mass is 596 g/mol. The van der Waals surface area contributed by atoms with Gasteiger partial charge >= 0.3 is 11.9 Å². The van der Waals surface area contributed by atoms with Gasteiger partial charge in [0.05, 0.1) is 18.3 Å². The van der Waals surface area contributed by atoms with Gasteiger partial charge in [-0.25, -0.2) is 0 Å². The van der Waals surface area contributed by atoms with Crippen LogP contribution >= 0.6 is 0 Å². The highest BCUT2D eigenvalue weighted by atomic mass is 16.7. The zero-order valence-corrected chi connectivity index (χ0v) is 25.8. The van der Waals surface area contributed by atoms with Gasteiger partial charge < -0.3 is 40.1 Å². The molecule has 0 bridgehead atoms. The van der Waals surface area contributed by atoms with Gasteiger partial charge in [-0.15, -0.1) is 0 Å². The SMILES string of the molecule is C=C(C)[C@@H]1CC[C@]2(C)C(C[C@@H](O)[C@@H]3[C@@H]([C@](C)(CCC(=O)O)O[C@@H]4O[C@@H](CO)[C@H](O)[C@H]4O)CC[C@]32C)[C@@]1(C)CCC(=O)O. The van der Waals surface area contributed by atoms with Crippen molar-refractivity contribution < 1.29 is 49.7 Å². The summed E-state index contributed by atoms with van der Waals surface area (Å²) in [4.78, 5) is 23.4. The topological polar surface area (TPSA) is 174 Å². The van der Waals surface area contributed by atoms with E-state index in [1.54, 1.807) is 0 Å². The first-order valence-corrected chi connectivity index (χ1v) is 15.5. The van der Waals surface area contributed by atoms with Gasteiger partial charge in [0, 0.05) is 12.8 Å². The molecule has 10 nitrogen and oxygen atoms in total. The first kappa shape index (κ1) is 33.3. The molecular formula is C32H52O10. The zero-order valence-electron chi connectivity index (χ0n) is 25.8. The summed E-state index contributed by atoms with van der Waals surface area (Å²) in [6, 6.07) is 0. The van der Waals surface area contributed by atoms with Crippen molar-refractivity contribution in [2.24, 2.45) is 39.9 Å². The summed E-state index contributed by atoms with van der Waals surface area (Å²) >= 11 is 0. The van der Waals surface area contributed by atoms with Crippen LogP contribution in [0.3, 0.4) is 0 Å². The van der Waals surface area contributed by atoms with Gasteiger partial charge in [0.25, 0.3) is 0 Å². The van der Waals surface area contributed by atoms with E-state index in [0.29, 0.717) is 19.3 Å². The summed E-state index contributed by atoms with van der Waals surface area (Å²) in [6.45, 7) is 14.3. The standard InChI is InChI=1S/C32H52O10/c1-17(2)18-7-12-30(4)22(29(18,3)11-9-23(35)36)15-20(34)25-19(8-13-31(25,30)5)32(6,14-10-24(37)38)42-28-27(40)26(39)21(16-33)41-28/h18-22,25-28,33-34,39-40H,1,7-16H2,2-6H3,(H,35,36)(H,37,38)/t18-,19-,20+,21-,22?,25-,26-,27+,28-,29-,30+,31+,32-/m0/s1. The third-order valence-electron chi connectivity index (χ3n) is 12.6. The molecule has 13 atom stereocenters. The maximum absolute atomic E-state index is 12.0. The van der Waals surface area contributed by atoms with Crippen molar-refractivity contribution in [1.82, 2.24) is 0 Å². The number of allylic oxidation sites excluding steroid dienone is 1. The molecule has 4 rings (SSSR count). The number of ether oxygens (including phenoxy) is 2. The van der Waals surface area contributed by atoms with Gasteiger partial charge in [0.1, 0.15) is 18.3 Å². The highest BCUT2D eigenvalue weighted by molar-refractivity contribution is 5.67. The molecule has 3 saturated carbocycles. The summed E-state index contributed by atoms with van der Waals surface area (Å²) in [5.74, 6) is -2.12. The maximum atomic E-state index is 12.0. The number of carboxylic acids is 2. The zero-order chi connectivity index (χ0) is 31.4. The van der Waals surface area contributed by atoms with Crippen molar-refractivity contribution in [3.8, 4) is 0 Å². The Morgan fingerprint density at radius 3 is 2.17 bits per heavy atom. The van der Waals surface area contributed by atoms with Crippen molar-refractivity contribution in [2.45, 2.75) is 129 Å². The molecule has 0 radical (unpaired) electrons. The third-order valence-corrected chi connectivity index (χ3v) is 12.6. The Morgan fingerprint density at radius 1 is 1.00 bits per heavy atom. The summed E-state index contributed by atoms with van der Waals surface area (Å²) < 4.78 is 12.1. The van der Waals surface area contributed by atoms with Crippen LogP contribution < -0.4 is 0 Å². The minimum atomic E-state index is -1.41. The van der Waals surface area contributed by atoms with Crippen LogP contribution in [0.15, 0.2) is 12.2 Å². The Morgan fingerprint density at radius 2 is 1.62 bits per heavy atom. The highest BCUT2D eigenvalue weighted by Gasteiger charge is 2.70. The molecule has 1 saturated heterocycles. The Labute approximate surface area is 249 Å². The van der Waals surface area contributed by atoms with Crippen LogP contribution in [0.2, 0.25) is 0 Å². The van der Waals surface area contributed by atoms with Gasteiger partial charge in [-0.05, 0) is 98.7 Å². The first-order valence-electron chi connectivity index (χ1n) is 15.5. The smallest absolute Gasteiger partial charge is 0.303 e. The Balaban J connectivity index is 1.71. The summed E-state index contributed by atoms with van der Waals surface area (Å²) in [7, 11) is 0. The van der Waals surface area contributed by atoms with Gasteiger partial charge in [-0.2, -0.15) is 0 Å². The average Bonchev–Trinajstić information content (AvgIpc) is 3.41. The number of carbonyl (C=O) groups is 2. The molecule has 3 aliphatic carbocycles. The van der Waals surface area contributed by atoms with Crippen LogP contribution in [0.4, 0.5) is 0 Å². The summed E-state index contributed by atoms with van der Waals surface area (Å²) in [6.07, 6.45) is -1.53. The molecule has 4 aliphatic rings. The van der Waals surface area contributed by atoms with E-state index in [0.717, 1.165) is 24.8 Å². The molecule has 0 amide bonds. The molecule has 0 aromatic heterocycles. The van der Waals surface area contributed by atoms with Crippen molar-refractivity contribution in [3.63, 3.8) is 0 Å². The van der Waals surface area contributed by atoms with E-state index in [2.05, 4.69) is 27.4 Å². The number of carboxylic acid groups (broad SMARTS) is 2. The first-order chi connectivity index (χ1) is 19.4. The van der Waals surface area contributed by atoms with E-state index in [1.807, 2.05) is 13.8 Å². The Bertz CT molecular complexity index is 1050. The molecule has 10 heteroatoms. The summed E-state index contributed by atoms with van der Waals surface area (Å²) in [5, 5.41) is 61.8. The third kappa shape index (κ3) is 5.34. The molecule has 42 heavy (non-hydrogen) atoms. The lowest BCUT2D eigenvalue weighted by atomic mass is 9.37. The second-order valence-electron chi connectivity index (χ2n) is 14.7. The Hall–Kier alpha value is -1.56.